The first-order valence-corrected chi connectivity index (χ1v) is 5.49. The smallest absolute Gasteiger partial charge is 0.308 e. The molecule has 0 heterocycles. The topological polar surface area (TPSA) is 80.7 Å². The normalized spacial score (nSPS) is 28.8. The lowest BCUT2D eigenvalue weighted by molar-refractivity contribution is -0.145. The van der Waals surface area contributed by atoms with Gasteiger partial charge in [0.05, 0.1) is 18.3 Å². The molecule has 0 aromatic heterocycles. The maximum Gasteiger partial charge on any atom is 0.308 e. The van der Waals surface area contributed by atoms with Crippen LogP contribution in [0.5, 0.6) is 0 Å². The molecule has 1 fully saturated rings. The average Bonchev–Trinajstić information content (AvgIpc) is 2.50. The van der Waals surface area contributed by atoms with Crippen LogP contribution in [-0.4, -0.2) is 31.3 Å². The lowest BCUT2D eigenvalue weighted by Gasteiger charge is -2.06. The molecule has 13 heavy (non-hydrogen) atoms. The number of carbonyl (C=O) groups is 1. The van der Waals surface area contributed by atoms with E-state index in [1.54, 1.807) is 0 Å². The zero-order valence-electron chi connectivity index (χ0n) is 7.26. The summed E-state index contributed by atoms with van der Waals surface area (Å²) in [5.74, 6) is -0.775. The molecule has 1 aliphatic carbocycles. The number of methoxy groups -OCH3 is 1. The second kappa shape index (κ2) is 3.63. The Labute approximate surface area is 76.8 Å². The maximum atomic E-state index is 11.0. The van der Waals surface area contributed by atoms with E-state index < -0.39 is 21.3 Å². The van der Waals surface area contributed by atoms with Gasteiger partial charge in [-0.3, -0.25) is 9.35 Å². The van der Waals surface area contributed by atoms with Crippen molar-refractivity contribution >= 4 is 16.1 Å². The van der Waals surface area contributed by atoms with Gasteiger partial charge in [0.25, 0.3) is 10.1 Å². The first-order chi connectivity index (χ1) is 5.95. The molecule has 0 aromatic carbocycles. The molecule has 6 heteroatoms. The molecule has 0 radical (unpaired) electrons. The Morgan fingerprint density at radius 3 is 2.46 bits per heavy atom. The van der Waals surface area contributed by atoms with Crippen LogP contribution in [0.2, 0.25) is 0 Å². The van der Waals surface area contributed by atoms with Gasteiger partial charge in [-0.2, -0.15) is 8.42 Å². The van der Waals surface area contributed by atoms with Gasteiger partial charge in [-0.25, -0.2) is 0 Å². The monoisotopic (exact) mass is 208 g/mol. The van der Waals surface area contributed by atoms with Crippen molar-refractivity contribution in [1.29, 1.82) is 0 Å². The van der Waals surface area contributed by atoms with Gasteiger partial charge in [-0.15, -0.1) is 0 Å². The van der Waals surface area contributed by atoms with E-state index in [9.17, 15) is 13.2 Å². The molecule has 2 unspecified atom stereocenters. The highest BCUT2D eigenvalue weighted by atomic mass is 32.2. The summed E-state index contributed by atoms with van der Waals surface area (Å²) in [6.45, 7) is 0. The highest BCUT2D eigenvalue weighted by Crippen LogP contribution is 2.30. The minimum atomic E-state index is -3.98. The molecular formula is C7H12O5S. The van der Waals surface area contributed by atoms with E-state index in [-0.39, 0.29) is 12.3 Å². The van der Waals surface area contributed by atoms with Crippen LogP contribution in [0, 0.1) is 5.92 Å². The Morgan fingerprint density at radius 2 is 2.08 bits per heavy atom. The minimum Gasteiger partial charge on any atom is -0.469 e. The second-order valence-corrected chi connectivity index (χ2v) is 4.87. The third kappa shape index (κ3) is 2.41. The predicted octanol–water partition coefficient (Wildman–Crippen LogP) is 0.216. The Bertz CT molecular complexity index is 294. The van der Waals surface area contributed by atoms with Crippen LogP contribution in [0.1, 0.15) is 19.3 Å². The van der Waals surface area contributed by atoms with Gasteiger partial charge in [0, 0.05) is 0 Å². The molecule has 0 aromatic rings. The summed E-state index contributed by atoms with van der Waals surface area (Å²) in [6.07, 6.45) is 0.973. The summed E-state index contributed by atoms with van der Waals surface area (Å²) in [5.41, 5.74) is 0. The number of rotatable bonds is 2. The number of carbonyl (C=O) groups excluding carboxylic acids is 1. The van der Waals surface area contributed by atoms with Crippen molar-refractivity contribution in [2.24, 2.45) is 5.92 Å². The second-order valence-electron chi connectivity index (χ2n) is 3.17. The van der Waals surface area contributed by atoms with Crippen molar-refractivity contribution in [2.75, 3.05) is 7.11 Å². The molecule has 0 bridgehead atoms. The van der Waals surface area contributed by atoms with Gasteiger partial charge in [-0.1, -0.05) is 0 Å². The lowest BCUT2D eigenvalue weighted by atomic mass is 10.1. The third-order valence-electron chi connectivity index (χ3n) is 2.34. The number of hydrogen-bond donors (Lipinski definition) is 1. The predicted molar refractivity (Wildman–Crippen MR) is 44.7 cm³/mol. The van der Waals surface area contributed by atoms with Gasteiger partial charge < -0.3 is 4.74 Å². The number of hydrogen-bond acceptors (Lipinski definition) is 4. The summed E-state index contributed by atoms with van der Waals surface area (Å²) in [4.78, 5) is 11.0. The quantitative estimate of drug-likeness (QED) is 0.518. The van der Waals surface area contributed by atoms with Crippen molar-refractivity contribution in [3.05, 3.63) is 0 Å². The first-order valence-electron chi connectivity index (χ1n) is 3.99. The molecule has 1 saturated carbocycles. The highest BCUT2D eigenvalue weighted by Gasteiger charge is 2.36. The fourth-order valence-corrected chi connectivity index (χ4v) is 2.50. The van der Waals surface area contributed by atoms with E-state index in [0.717, 1.165) is 0 Å². The maximum absolute atomic E-state index is 11.0. The zero-order valence-corrected chi connectivity index (χ0v) is 8.08. The zero-order chi connectivity index (χ0) is 10.1. The van der Waals surface area contributed by atoms with Crippen LogP contribution < -0.4 is 0 Å². The SMILES string of the molecule is COC(=O)C1CCC(S(=O)(=O)O)C1. The van der Waals surface area contributed by atoms with E-state index in [2.05, 4.69) is 4.74 Å². The molecule has 1 N–H and O–H groups in total. The molecule has 76 valence electrons. The van der Waals surface area contributed by atoms with Crippen LogP contribution in [0.4, 0.5) is 0 Å². The Morgan fingerprint density at radius 1 is 1.46 bits per heavy atom. The summed E-state index contributed by atoms with van der Waals surface area (Å²) in [7, 11) is -2.72. The van der Waals surface area contributed by atoms with E-state index in [4.69, 9.17) is 4.55 Å². The summed E-state index contributed by atoms with van der Waals surface area (Å²) >= 11 is 0. The molecule has 1 aliphatic rings. The fourth-order valence-electron chi connectivity index (χ4n) is 1.59. The Hall–Kier alpha value is -0.620. The van der Waals surface area contributed by atoms with E-state index in [0.29, 0.717) is 12.8 Å². The third-order valence-corrected chi connectivity index (χ3v) is 3.61. The van der Waals surface area contributed by atoms with E-state index in [1.165, 1.54) is 7.11 Å². The molecule has 2 atom stereocenters. The molecule has 1 rings (SSSR count). The van der Waals surface area contributed by atoms with Gasteiger partial charge in [0.15, 0.2) is 0 Å². The van der Waals surface area contributed by atoms with E-state index in [1.807, 2.05) is 0 Å². The van der Waals surface area contributed by atoms with Gasteiger partial charge in [-0.05, 0) is 19.3 Å². The average molecular weight is 208 g/mol. The number of ether oxygens (including phenoxy) is 1. The Kier molecular flexibility index (Phi) is 2.92. The van der Waals surface area contributed by atoms with Crippen molar-refractivity contribution < 1.29 is 22.5 Å². The van der Waals surface area contributed by atoms with Crippen LogP contribution in [-0.2, 0) is 19.6 Å². The first kappa shape index (κ1) is 10.5. The lowest BCUT2D eigenvalue weighted by Crippen LogP contribution is -2.19. The molecular weight excluding hydrogens is 196 g/mol. The molecule has 0 saturated heterocycles. The molecule has 0 amide bonds. The highest BCUT2D eigenvalue weighted by molar-refractivity contribution is 7.86. The van der Waals surface area contributed by atoms with Gasteiger partial charge in [0.1, 0.15) is 0 Å². The largest absolute Gasteiger partial charge is 0.469 e. The van der Waals surface area contributed by atoms with Crippen molar-refractivity contribution in [3.63, 3.8) is 0 Å². The summed E-state index contributed by atoms with van der Waals surface area (Å²) in [5, 5.41) is -0.795. The van der Waals surface area contributed by atoms with Crippen molar-refractivity contribution in [2.45, 2.75) is 24.5 Å². The van der Waals surface area contributed by atoms with Crippen LogP contribution in [0.3, 0.4) is 0 Å². The minimum absolute atomic E-state index is 0.172. The van der Waals surface area contributed by atoms with E-state index >= 15 is 0 Å². The summed E-state index contributed by atoms with van der Waals surface area (Å²) in [6, 6.07) is 0. The molecule has 5 nitrogen and oxygen atoms in total. The summed E-state index contributed by atoms with van der Waals surface area (Å²) < 4.78 is 34.6. The van der Waals surface area contributed by atoms with Crippen LogP contribution in [0.15, 0.2) is 0 Å². The number of esters is 1. The van der Waals surface area contributed by atoms with Crippen molar-refractivity contribution in [3.8, 4) is 0 Å². The van der Waals surface area contributed by atoms with Crippen LogP contribution in [0.25, 0.3) is 0 Å². The molecule has 0 aliphatic heterocycles. The van der Waals surface area contributed by atoms with Crippen molar-refractivity contribution in [1.82, 2.24) is 0 Å². The van der Waals surface area contributed by atoms with Gasteiger partial charge in [0.2, 0.25) is 0 Å². The molecule has 0 spiro atoms. The fraction of sp³-hybridized carbons (Fsp3) is 0.857. The van der Waals surface area contributed by atoms with Gasteiger partial charge >= 0.3 is 5.97 Å². The standard InChI is InChI=1S/C7H12O5S/c1-12-7(8)5-2-3-6(4-5)13(9,10)11/h5-6H,2-4H2,1H3,(H,9,10,11). The Balaban J connectivity index is 2.60. The van der Waals surface area contributed by atoms with Crippen LogP contribution >= 0.6 is 0 Å².